The Hall–Kier alpha value is -3.59. The Kier molecular flexibility index (Phi) is 6.21. The van der Waals surface area contributed by atoms with Crippen molar-refractivity contribution < 1.29 is 13.9 Å². The van der Waals surface area contributed by atoms with Crippen LogP contribution in [-0.2, 0) is 17.6 Å². The van der Waals surface area contributed by atoms with Crippen LogP contribution >= 0.6 is 0 Å². The van der Waals surface area contributed by atoms with Gasteiger partial charge in [0.1, 0.15) is 18.6 Å². The second-order valence-electron chi connectivity index (χ2n) is 12.8. The number of carbonyl (C=O) groups is 1. The van der Waals surface area contributed by atoms with Crippen LogP contribution in [-0.4, -0.2) is 87.2 Å². The summed E-state index contributed by atoms with van der Waals surface area (Å²) in [4.78, 5) is 33.4. The number of alkyl halides is 1. The molecule has 4 fully saturated rings. The van der Waals surface area contributed by atoms with Gasteiger partial charge in [0.25, 0.3) is 0 Å². The molecule has 0 bridgehead atoms. The third kappa shape index (κ3) is 4.11. The van der Waals surface area contributed by atoms with E-state index in [9.17, 15) is 9.18 Å². The number of pyridine rings is 1. The quantitative estimate of drug-likeness (QED) is 0.406. The van der Waals surface area contributed by atoms with Crippen LogP contribution in [0.4, 0.5) is 10.2 Å². The van der Waals surface area contributed by atoms with E-state index in [1.54, 1.807) is 0 Å². The fraction of sp³-hybridized carbons (Fsp3) is 0.515. The summed E-state index contributed by atoms with van der Waals surface area (Å²) in [5, 5.41) is 0.973. The highest BCUT2D eigenvalue weighted by Crippen LogP contribution is 2.42. The molecule has 6 heterocycles. The van der Waals surface area contributed by atoms with Gasteiger partial charge in [0.2, 0.25) is 5.91 Å². The smallest absolute Gasteiger partial charge is 0.319 e. The minimum Gasteiger partial charge on any atom is -0.461 e. The minimum absolute atomic E-state index is 0.00809. The van der Waals surface area contributed by atoms with Gasteiger partial charge in [0, 0.05) is 49.4 Å². The van der Waals surface area contributed by atoms with Crippen LogP contribution in [0, 0.1) is 0 Å². The predicted molar refractivity (Wildman–Crippen MR) is 159 cm³/mol. The van der Waals surface area contributed by atoms with Crippen LogP contribution in [0.5, 0.6) is 6.01 Å². The first-order valence-corrected chi connectivity index (χ1v) is 15.5. The Bertz CT molecular complexity index is 1580. The lowest BCUT2D eigenvalue weighted by Crippen LogP contribution is -2.63. The molecule has 0 spiro atoms. The molecule has 0 saturated carbocycles. The van der Waals surface area contributed by atoms with Crippen molar-refractivity contribution in [2.75, 3.05) is 37.7 Å². The molecule has 4 atom stereocenters. The summed E-state index contributed by atoms with van der Waals surface area (Å²) in [6.07, 6.45) is 12.6. The second-order valence-corrected chi connectivity index (χ2v) is 12.8. The fourth-order valence-corrected chi connectivity index (χ4v) is 8.35. The number of rotatable bonds is 6. The van der Waals surface area contributed by atoms with E-state index in [1.807, 2.05) is 17.3 Å². The molecule has 1 aliphatic carbocycles. The molecule has 3 aromatic rings. The SMILES string of the molecule is C=CC(=O)N1CC[C@@H]2[C@H]1CN2c1nc(OC[C@@]23CCCN2C[C@H](F)C3)nc2cc(-c3cncc4c3CCCC4)ccc12. The normalized spacial score (nSPS) is 28.4. The molecule has 0 N–H and O–H groups in total. The summed E-state index contributed by atoms with van der Waals surface area (Å²) in [6, 6.07) is 7.14. The van der Waals surface area contributed by atoms with Gasteiger partial charge in [-0.2, -0.15) is 9.97 Å². The molecule has 0 unspecified atom stereocenters. The Morgan fingerprint density at radius 2 is 2.02 bits per heavy atom. The van der Waals surface area contributed by atoms with Crippen molar-refractivity contribution >= 4 is 22.6 Å². The number of amides is 1. The van der Waals surface area contributed by atoms with Crippen molar-refractivity contribution in [3.05, 3.63) is 54.4 Å². The summed E-state index contributed by atoms with van der Waals surface area (Å²) in [7, 11) is 0. The molecular weight excluding hydrogens is 531 g/mol. The van der Waals surface area contributed by atoms with Gasteiger partial charge in [-0.1, -0.05) is 12.6 Å². The minimum atomic E-state index is -0.809. The van der Waals surface area contributed by atoms with E-state index in [0.717, 1.165) is 74.0 Å². The lowest BCUT2D eigenvalue weighted by molar-refractivity contribution is -0.127. The van der Waals surface area contributed by atoms with Crippen LogP contribution in [0.25, 0.3) is 22.0 Å². The number of fused-ring (bicyclic) bond motifs is 4. The van der Waals surface area contributed by atoms with Gasteiger partial charge in [-0.15, -0.1) is 0 Å². The summed E-state index contributed by atoms with van der Waals surface area (Å²) in [5.41, 5.74) is 5.58. The molecule has 218 valence electrons. The van der Waals surface area contributed by atoms with Crippen LogP contribution in [0.1, 0.15) is 49.7 Å². The van der Waals surface area contributed by atoms with Crippen LogP contribution < -0.4 is 9.64 Å². The number of hydrogen-bond acceptors (Lipinski definition) is 7. The number of ether oxygens (including phenoxy) is 1. The first-order chi connectivity index (χ1) is 20.5. The largest absolute Gasteiger partial charge is 0.461 e. The standard InChI is InChI=1S/C33H37FN6O2/c1-2-30(41)39-13-10-28-29(39)19-40(28)31-25-9-8-21(26-17-35-16-22-6-3-4-7-24(22)26)14-27(25)36-32(37-31)42-20-33-11-5-12-38(33)18-23(34)15-33/h2,8-9,14,16-17,23,28-29H,1,3-7,10-13,15,18-20H2/t23-,28-,29-,33+/m1/s1. The van der Waals surface area contributed by atoms with Crippen molar-refractivity contribution in [3.63, 3.8) is 0 Å². The molecule has 1 amide bonds. The Morgan fingerprint density at radius 3 is 2.93 bits per heavy atom. The summed E-state index contributed by atoms with van der Waals surface area (Å²) < 4.78 is 20.8. The van der Waals surface area contributed by atoms with E-state index in [2.05, 4.69) is 39.6 Å². The summed E-state index contributed by atoms with van der Waals surface area (Å²) >= 11 is 0. The number of hydrogen-bond donors (Lipinski definition) is 0. The molecule has 5 aliphatic rings. The van der Waals surface area contributed by atoms with E-state index in [-0.39, 0.29) is 23.5 Å². The molecule has 4 saturated heterocycles. The predicted octanol–water partition coefficient (Wildman–Crippen LogP) is 4.50. The first-order valence-electron chi connectivity index (χ1n) is 15.5. The van der Waals surface area contributed by atoms with Crippen LogP contribution in [0.15, 0.2) is 43.2 Å². The number of nitrogens with zero attached hydrogens (tertiary/aromatic N) is 6. The molecule has 1 aromatic carbocycles. The third-order valence-corrected chi connectivity index (χ3v) is 10.5. The topological polar surface area (TPSA) is 74.7 Å². The lowest BCUT2D eigenvalue weighted by atomic mass is 9.87. The first kappa shape index (κ1) is 26.1. The molecule has 2 aromatic heterocycles. The van der Waals surface area contributed by atoms with Crippen molar-refractivity contribution in [2.24, 2.45) is 0 Å². The number of aromatic nitrogens is 3. The highest BCUT2D eigenvalue weighted by Gasteiger charge is 2.50. The van der Waals surface area contributed by atoms with Gasteiger partial charge in [0.05, 0.1) is 23.1 Å². The maximum atomic E-state index is 14.4. The zero-order valence-corrected chi connectivity index (χ0v) is 24.0. The molecule has 42 heavy (non-hydrogen) atoms. The zero-order valence-electron chi connectivity index (χ0n) is 24.0. The Labute approximate surface area is 245 Å². The van der Waals surface area contributed by atoms with Gasteiger partial charge in [-0.3, -0.25) is 14.7 Å². The number of likely N-dealkylation sites (tertiary alicyclic amines) is 1. The van der Waals surface area contributed by atoms with E-state index >= 15 is 0 Å². The van der Waals surface area contributed by atoms with Crippen molar-refractivity contribution in [3.8, 4) is 17.1 Å². The average Bonchev–Trinajstić information content (AvgIpc) is 3.64. The molecule has 0 radical (unpaired) electrons. The summed E-state index contributed by atoms with van der Waals surface area (Å²) in [6.45, 7) is 6.93. The van der Waals surface area contributed by atoms with Gasteiger partial charge >= 0.3 is 6.01 Å². The molecule has 4 aliphatic heterocycles. The highest BCUT2D eigenvalue weighted by molar-refractivity contribution is 5.94. The molecular formula is C33H37FN6O2. The molecule has 9 heteroatoms. The number of benzene rings is 1. The van der Waals surface area contributed by atoms with Gasteiger partial charge in [0.15, 0.2) is 0 Å². The maximum Gasteiger partial charge on any atom is 0.319 e. The molecule has 8 rings (SSSR count). The zero-order chi connectivity index (χ0) is 28.4. The van der Waals surface area contributed by atoms with Crippen LogP contribution in [0.3, 0.4) is 0 Å². The third-order valence-electron chi connectivity index (χ3n) is 10.5. The number of carbonyl (C=O) groups excluding carboxylic acids is 1. The van der Waals surface area contributed by atoms with Crippen molar-refractivity contribution in [1.82, 2.24) is 24.8 Å². The summed E-state index contributed by atoms with van der Waals surface area (Å²) in [5.74, 6) is 0.839. The maximum absolute atomic E-state index is 14.4. The monoisotopic (exact) mass is 568 g/mol. The van der Waals surface area contributed by atoms with E-state index in [0.29, 0.717) is 25.6 Å². The lowest BCUT2D eigenvalue weighted by Gasteiger charge is -2.47. The van der Waals surface area contributed by atoms with Crippen LogP contribution in [0.2, 0.25) is 0 Å². The Morgan fingerprint density at radius 1 is 1.12 bits per heavy atom. The van der Waals surface area contributed by atoms with Crippen molar-refractivity contribution in [1.29, 1.82) is 0 Å². The second kappa shape index (κ2) is 10.0. The molecule has 8 nitrogen and oxygen atoms in total. The number of anilines is 1. The number of halogens is 1. The van der Waals surface area contributed by atoms with Gasteiger partial charge < -0.3 is 14.5 Å². The average molecular weight is 569 g/mol. The highest BCUT2D eigenvalue weighted by atomic mass is 19.1. The van der Waals surface area contributed by atoms with E-state index in [4.69, 9.17) is 14.7 Å². The number of aryl methyl sites for hydroxylation is 1. The Balaban J connectivity index is 1.17. The van der Waals surface area contributed by atoms with E-state index < -0.39 is 6.17 Å². The van der Waals surface area contributed by atoms with E-state index in [1.165, 1.54) is 35.6 Å². The van der Waals surface area contributed by atoms with Gasteiger partial charge in [-0.25, -0.2) is 4.39 Å². The van der Waals surface area contributed by atoms with Gasteiger partial charge in [-0.05, 0) is 86.4 Å². The fourth-order valence-electron chi connectivity index (χ4n) is 8.35. The van der Waals surface area contributed by atoms with Crippen molar-refractivity contribution in [2.45, 2.75) is 75.2 Å².